The standard InChI is InChI=1S/C36H80N6O4S2.4ClH/c1-3-5-7-9-11-13-15-19-35-47(43,44)40-30-23-33-42(32-22-29-39-27-18-17-26-38-28-21-25-37)34-24-31-41-48(45,46)36-20-16-14-12-10-8-6-4-2;;;;/h38-41H,3-37H2,1-2H3;4*1H. The number of nitrogens with zero attached hydrogens (tertiary/aromatic N) is 1. The zero-order chi connectivity index (χ0) is 35.4. The van der Waals surface area contributed by atoms with E-state index in [-0.39, 0.29) is 61.1 Å². The molecule has 0 heterocycles. The molecule has 16 heteroatoms. The van der Waals surface area contributed by atoms with E-state index < -0.39 is 20.0 Å². The van der Waals surface area contributed by atoms with Crippen LogP contribution in [-0.4, -0.2) is 98.7 Å². The first-order valence-corrected chi connectivity index (χ1v) is 23.3. The topological polar surface area (TPSA) is 146 Å². The van der Waals surface area contributed by atoms with E-state index in [2.05, 4.69) is 38.8 Å². The van der Waals surface area contributed by atoms with E-state index in [4.69, 9.17) is 5.73 Å². The van der Waals surface area contributed by atoms with E-state index >= 15 is 0 Å². The summed E-state index contributed by atoms with van der Waals surface area (Å²) in [5.41, 5.74) is 5.53. The molecule has 0 aromatic rings. The molecular formula is C36H84Cl4N6O4S2. The summed E-state index contributed by atoms with van der Waals surface area (Å²) in [5.74, 6) is 0.417. The normalized spacial score (nSPS) is 11.5. The maximum atomic E-state index is 12.5. The number of nitrogens with two attached hydrogens (primary N) is 1. The van der Waals surface area contributed by atoms with Crippen LogP contribution in [0.4, 0.5) is 0 Å². The molecule has 0 rings (SSSR count). The van der Waals surface area contributed by atoms with Crippen LogP contribution in [0.5, 0.6) is 0 Å². The molecule has 0 spiro atoms. The highest BCUT2D eigenvalue weighted by Gasteiger charge is 2.12. The zero-order valence-corrected chi connectivity index (χ0v) is 38.0. The Morgan fingerprint density at radius 2 is 0.712 bits per heavy atom. The molecule has 0 amide bonds. The Balaban J connectivity index is -0.00000184. The van der Waals surface area contributed by atoms with Crippen molar-refractivity contribution in [1.29, 1.82) is 0 Å². The van der Waals surface area contributed by atoms with Crippen LogP contribution in [0.2, 0.25) is 0 Å². The van der Waals surface area contributed by atoms with E-state index in [1.165, 1.54) is 64.2 Å². The van der Waals surface area contributed by atoms with Crippen LogP contribution >= 0.6 is 49.6 Å². The Hall–Kier alpha value is 0.820. The lowest BCUT2D eigenvalue weighted by molar-refractivity contribution is 0.263. The lowest BCUT2D eigenvalue weighted by Crippen LogP contribution is -2.35. The van der Waals surface area contributed by atoms with Crippen LogP contribution < -0.4 is 25.8 Å². The van der Waals surface area contributed by atoms with Gasteiger partial charge >= 0.3 is 0 Å². The Bertz CT molecular complexity index is 840. The van der Waals surface area contributed by atoms with E-state index in [1.54, 1.807) is 0 Å². The SMILES string of the molecule is CCCCCCCCCCS(=O)(=O)NCCCN(CCCNCCCCNCCCN)CCCNS(=O)(=O)CCCCCCCCCC.Cl.Cl.Cl.Cl. The maximum absolute atomic E-state index is 12.5. The van der Waals surface area contributed by atoms with Gasteiger partial charge in [-0.05, 0) is 104 Å². The third kappa shape index (κ3) is 47.0. The number of unbranched alkanes of at least 4 members (excludes halogenated alkanes) is 15. The van der Waals surface area contributed by atoms with Crippen molar-refractivity contribution in [3.05, 3.63) is 0 Å². The minimum atomic E-state index is -3.24. The average Bonchev–Trinajstić information content (AvgIpc) is 3.06. The molecule has 0 bridgehead atoms. The highest BCUT2D eigenvalue weighted by atomic mass is 35.5. The monoisotopic (exact) mass is 868 g/mol. The van der Waals surface area contributed by atoms with Gasteiger partial charge in [-0.3, -0.25) is 0 Å². The highest BCUT2D eigenvalue weighted by Crippen LogP contribution is 2.10. The van der Waals surface area contributed by atoms with Gasteiger partial charge in [-0.25, -0.2) is 26.3 Å². The smallest absolute Gasteiger partial charge is 0.211 e. The molecule has 0 saturated carbocycles. The van der Waals surface area contributed by atoms with Crippen LogP contribution in [0.1, 0.15) is 155 Å². The summed E-state index contributed by atoms with van der Waals surface area (Å²) in [6.45, 7) is 12.5. The van der Waals surface area contributed by atoms with Crippen LogP contribution in [0.3, 0.4) is 0 Å². The Morgan fingerprint density at radius 1 is 0.404 bits per heavy atom. The van der Waals surface area contributed by atoms with Crippen molar-refractivity contribution in [1.82, 2.24) is 25.0 Å². The van der Waals surface area contributed by atoms with Crippen molar-refractivity contribution in [2.75, 3.05) is 77.0 Å². The van der Waals surface area contributed by atoms with E-state index in [9.17, 15) is 16.8 Å². The van der Waals surface area contributed by atoms with Crippen molar-refractivity contribution in [2.45, 2.75) is 155 Å². The molecule has 0 atom stereocenters. The van der Waals surface area contributed by atoms with E-state index in [0.717, 1.165) is 129 Å². The van der Waals surface area contributed by atoms with Crippen molar-refractivity contribution in [3.8, 4) is 0 Å². The third-order valence-electron chi connectivity index (χ3n) is 8.82. The Kier molecular flexibility index (Phi) is 55.1. The van der Waals surface area contributed by atoms with E-state index in [0.29, 0.717) is 13.1 Å². The summed E-state index contributed by atoms with van der Waals surface area (Å²) < 4.78 is 55.6. The fourth-order valence-corrected chi connectivity index (χ4v) is 8.16. The first kappa shape index (κ1) is 62.0. The second kappa shape index (κ2) is 46.2. The summed E-state index contributed by atoms with van der Waals surface area (Å²) in [4.78, 5) is 2.35. The second-order valence-corrected chi connectivity index (χ2v) is 17.5. The van der Waals surface area contributed by atoms with Crippen molar-refractivity contribution in [3.63, 3.8) is 0 Å². The van der Waals surface area contributed by atoms with Gasteiger partial charge in [0.25, 0.3) is 0 Å². The van der Waals surface area contributed by atoms with Crippen molar-refractivity contribution in [2.24, 2.45) is 5.73 Å². The van der Waals surface area contributed by atoms with Crippen LogP contribution in [0.15, 0.2) is 0 Å². The van der Waals surface area contributed by atoms with Crippen LogP contribution in [0, 0.1) is 0 Å². The fourth-order valence-electron chi connectivity index (χ4n) is 5.80. The summed E-state index contributed by atoms with van der Waals surface area (Å²) in [6, 6.07) is 0. The predicted octanol–water partition coefficient (Wildman–Crippen LogP) is 7.57. The molecule has 52 heavy (non-hydrogen) atoms. The number of hydrogen-bond donors (Lipinski definition) is 5. The largest absolute Gasteiger partial charge is 0.330 e. The molecule has 10 nitrogen and oxygen atoms in total. The molecule has 0 aliphatic carbocycles. The highest BCUT2D eigenvalue weighted by molar-refractivity contribution is 7.89. The number of hydrogen-bond acceptors (Lipinski definition) is 8. The number of nitrogens with one attached hydrogen (secondary N) is 4. The molecule has 0 saturated heterocycles. The van der Waals surface area contributed by atoms with Crippen LogP contribution in [-0.2, 0) is 20.0 Å². The molecule has 0 aliphatic heterocycles. The van der Waals surface area contributed by atoms with Gasteiger partial charge in [-0.2, -0.15) is 0 Å². The molecule has 0 aromatic heterocycles. The molecule has 0 radical (unpaired) electrons. The second-order valence-electron chi connectivity index (χ2n) is 13.6. The Labute approximate surface area is 347 Å². The van der Waals surface area contributed by atoms with E-state index in [1.807, 2.05) is 0 Å². The minimum Gasteiger partial charge on any atom is -0.330 e. The van der Waals surface area contributed by atoms with Crippen molar-refractivity contribution < 1.29 is 16.8 Å². The summed E-state index contributed by atoms with van der Waals surface area (Å²) in [6.07, 6.45) is 24.0. The number of rotatable bonds is 40. The van der Waals surface area contributed by atoms with Gasteiger partial charge in [0.05, 0.1) is 11.5 Å². The Morgan fingerprint density at radius 3 is 1.08 bits per heavy atom. The van der Waals surface area contributed by atoms with Gasteiger partial charge in [0.15, 0.2) is 0 Å². The predicted molar refractivity (Wildman–Crippen MR) is 237 cm³/mol. The average molecular weight is 871 g/mol. The van der Waals surface area contributed by atoms with Gasteiger partial charge < -0.3 is 21.3 Å². The van der Waals surface area contributed by atoms with Gasteiger partial charge in [-0.1, -0.05) is 104 Å². The quantitative estimate of drug-likeness (QED) is 0.0397. The minimum absolute atomic E-state index is 0. The summed E-state index contributed by atoms with van der Waals surface area (Å²) in [5, 5.41) is 6.96. The summed E-state index contributed by atoms with van der Waals surface area (Å²) >= 11 is 0. The first-order valence-electron chi connectivity index (χ1n) is 20.0. The maximum Gasteiger partial charge on any atom is 0.211 e. The molecule has 0 fully saturated rings. The molecule has 6 N–H and O–H groups in total. The number of halogens is 4. The fraction of sp³-hybridized carbons (Fsp3) is 1.00. The van der Waals surface area contributed by atoms with Gasteiger partial charge in [0.1, 0.15) is 0 Å². The van der Waals surface area contributed by atoms with Gasteiger partial charge in [0.2, 0.25) is 20.0 Å². The molecule has 0 aliphatic rings. The lowest BCUT2D eigenvalue weighted by atomic mass is 10.1. The third-order valence-corrected chi connectivity index (χ3v) is 11.8. The molecular weight excluding hydrogens is 786 g/mol. The molecule has 322 valence electrons. The molecule has 0 unspecified atom stereocenters. The zero-order valence-electron chi connectivity index (χ0n) is 33.1. The molecule has 0 aromatic carbocycles. The van der Waals surface area contributed by atoms with Gasteiger partial charge in [-0.15, -0.1) is 49.6 Å². The first-order chi connectivity index (χ1) is 23.3. The van der Waals surface area contributed by atoms with Crippen LogP contribution in [0.25, 0.3) is 0 Å². The van der Waals surface area contributed by atoms with Gasteiger partial charge in [0, 0.05) is 13.1 Å². The summed E-state index contributed by atoms with van der Waals surface area (Å²) in [7, 11) is -6.48. The van der Waals surface area contributed by atoms with Crippen molar-refractivity contribution >= 4 is 69.7 Å². The number of sulfonamides is 2. The lowest BCUT2D eigenvalue weighted by Gasteiger charge is -2.22.